The number of carbonyl (C=O) groups is 1. The van der Waals surface area contributed by atoms with Gasteiger partial charge in [-0.25, -0.2) is 13.8 Å². The van der Waals surface area contributed by atoms with Crippen LogP contribution in [-0.4, -0.2) is 27.3 Å². The molecule has 3 aromatic rings. The third-order valence-corrected chi connectivity index (χ3v) is 5.77. The summed E-state index contributed by atoms with van der Waals surface area (Å²) < 4.78 is 34.6. The zero-order valence-electron chi connectivity index (χ0n) is 17.2. The topological polar surface area (TPSA) is 79.7 Å². The fraction of sp³-hybridized carbons (Fsp3) is 0.333. The normalized spacial score (nSPS) is 18.6. The van der Waals surface area contributed by atoms with Gasteiger partial charge in [0, 0.05) is 5.56 Å². The maximum absolute atomic E-state index is 15.1. The van der Waals surface area contributed by atoms with Gasteiger partial charge in [-0.2, -0.15) is 0 Å². The molecule has 2 atom stereocenters. The first kappa shape index (κ1) is 21.0. The van der Waals surface area contributed by atoms with E-state index in [1.165, 1.54) is 18.2 Å². The van der Waals surface area contributed by atoms with Gasteiger partial charge in [0.05, 0.1) is 17.0 Å². The lowest BCUT2D eigenvalue weighted by atomic mass is 9.92. The molecule has 0 aliphatic heterocycles. The highest BCUT2D eigenvalue weighted by Gasteiger charge is 2.32. The van der Waals surface area contributed by atoms with Crippen LogP contribution < -0.4 is 4.74 Å². The van der Waals surface area contributed by atoms with Crippen LogP contribution in [0.4, 0.5) is 8.78 Å². The summed E-state index contributed by atoms with van der Waals surface area (Å²) in [5, 5.41) is 19.8. The Morgan fingerprint density at radius 2 is 1.84 bits per heavy atom. The third-order valence-electron chi connectivity index (χ3n) is 5.77. The minimum atomic E-state index is -0.873. The zero-order chi connectivity index (χ0) is 22.3. The van der Waals surface area contributed by atoms with E-state index in [2.05, 4.69) is 4.98 Å². The van der Waals surface area contributed by atoms with E-state index in [4.69, 9.17) is 4.74 Å². The molecule has 2 N–H and O–H groups in total. The predicted molar refractivity (Wildman–Crippen MR) is 112 cm³/mol. The number of rotatable bonds is 5. The van der Waals surface area contributed by atoms with Crippen molar-refractivity contribution in [3.8, 4) is 22.8 Å². The average molecular weight is 427 g/mol. The van der Waals surface area contributed by atoms with Crippen LogP contribution >= 0.6 is 0 Å². The zero-order valence-corrected chi connectivity index (χ0v) is 17.2. The van der Waals surface area contributed by atoms with E-state index in [1.54, 1.807) is 18.2 Å². The molecule has 1 unspecified atom stereocenters. The number of ether oxygens (including phenoxy) is 1. The molecule has 2 aromatic carbocycles. The highest BCUT2D eigenvalue weighted by atomic mass is 19.1. The predicted octanol–water partition coefficient (Wildman–Crippen LogP) is 5.64. The first-order valence-corrected chi connectivity index (χ1v) is 10.3. The molecule has 0 bridgehead atoms. The van der Waals surface area contributed by atoms with Crippen LogP contribution in [0.1, 0.15) is 44.7 Å². The number of fused-ring (bicyclic) bond motifs is 1. The lowest BCUT2D eigenvalue weighted by Gasteiger charge is -2.21. The lowest BCUT2D eigenvalue weighted by molar-refractivity contribution is -0.141. The van der Waals surface area contributed by atoms with Gasteiger partial charge >= 0.3 is 5.97 Å². The molecule has 1 aliphatic rings. The van der Waals surface area contributed by atoms with E-state index < -0.39 is 29.6 Å². The van der Waals surface area contributed by atoms with Crippen molar-refractivity contribution in [3.63, 3.8) is 0 Å². The van der Waals surface area contributed by atoms with Crippen molar-refractivity contribution in [2.75, 3.05) is 0 Å². The number of aromatic hydroxyl groups is 1. The van der Waals surface area contributed by atoms with Gasteiger partial charge in [0.25, 0.3) is 0 Å². The second-order valence-electron chi connectivity index (χ2n) is 8.25. The number of aromatic nitrogens is 1. The number of halogens is 2. The second-order valence-corrected chi connectivity index (χ2v) is 8.25. The van der Waals surface area contributed by atoms with Crippen molar-refractivity contribution in [1.82, 2.24) is 4.98 Å². The summed E-state index contributed by atoms with van der Waals surface area (Å²) in [4.78, 5) is 15.9. The summed E-state index contributed by atoms with van der Waals surface area (Å²) in [6, 6.07) is 8.75. The molecule has 0 spiro atoms. The van der Waals surface area contributed by atoms with Crippen LogP contribution in [0.15, 0.2) is 36.4 Å². The van der Waals surface area contributed by atoms with Crippen molar-refractivity contribution in [2.24, 2.45) is 5.92 Å². The fourth-order valence-corrected chi connectivity index (χ4v) is 4.19. The summed E-state index contributed by atoms with van der Waals surface area (Å²) in [5.74, 6) is -3.17. The first-order chi connectivity index (χ1) is 14.8. The molecular formula is C24H23F2NO4. The van der Waals surface area contributed by atoms with Crippen LogP contribution in [0, 0.1) is 17.6 Å². The number of nitrogens with zero attached hydrogens (tertiary/aromatic N) is 1. The number of carboxylic acid groups (broad SMARTS) is 1. The molecule has 0 amide bonds. The lowest BCUT2D eigenvalue weighted by Crippen LogP contribution is -2.17. The van der Waals surface area contributed by atoms with Crippen LogP contribution in [0.5, 0.6) is 11.6 Å². The van der Waals surface area contributed by atoms with Crippen LogP contribution in [0.25, 0.3) is 21.9 Å². The molecule has 1 fully saturated rings. The number of benzene rings is 2. The summed E-state index contributed by atoms with van der Waals surface area (Å²) in [6.07, 6.45) is 0.916. The first-order valence-electron chi connectivity index (χ1n) is 10.3. The summed E-state index contributed by atoms with van der Waals surface area (Å²) >= 11 is 0. The Bertz CT molecular complexity index is 1140. The Morgan fingerprint density at radius 3 is 2.45 bits per heavy atom. The fourth-order valence-electron chi connectivity index (χ4n) is 4.19. The number of hydrogen-bond donors (Lipinski definition) is 2. The molecule has 31 heavy (non-hydrogen) atoms. The van der Waals surface area contributed by atoms with Gasteiger partial charge in [-0.1, -0.05) is 26.0 Å². The van der Waals surface area contributed by atoms with Gasteiger partial charge < -0.3 is 14.9 Å². The summed E-state index contributed by atoms with van der Waals surface area (Å²) in [5.41, 5.74) is 1.96. The minimum absolute atomic E-state index is 0.0301. The maximum atomic E-state index is 15.1. The molecule has 1 heterocycles. The Morgan fingerprint density at radius 1 is 1.13 bits per heavy atom. The maximum Gasteiger partial charge on any atom is 0.306 e. The summed E-state index contributed by atoms with van der Waals surface area (Å²) in [7, 11) is 0. The van der Waals surface area contributed by atoms with E-state index >= 15 is 4.39 Å². The summed E-state index contributed by atoms with van der Waals surface area (Å²) in [6.45, 7) is 3.88. The molecular weight excluding hydrogens is 404 g/mol. The molecule has 0 saturated heterocycles. The molecule has 7 heteroatoms. The van der Waals surface area contributed by atoms with Gasteiger partial charge in [0.1, 0.15) is 11.9 Å². The number of pyridine rings is 1. The van der Waals surface area contributed by atoms with E-state index in [1.807, 2.05) is 13.8 Å². The number of phenolic OH excluding ortho intramolecular Hbond substituents is 1. The molecule has 1 aromatic heterocycles. The van der Waals surface area contributed by atoms with Crippen LogP contribution in [0.3, 0.4) is 0 Å². The van der Waals surface area contributed by atoms with Crippen LogP contribution in [-0.2, 0) is 4.79 Å². The monoisotopic (exact) mass is 427 g/mol. The third kappa shape index (κ3) is 3.92. The molecule has 1 saturated carbocycles. The average Bonchev–Trinajstić information content (AvgIpc) is 3.20. The van der Waals surface area contributed by atoms with E-state index in [0.29, 0.717) is 41.5 Å². The number of aliphatic carboxylic acids is 1. The number of carboxylic acids is 1. The van der Waals surface area contributed by atoms with Gasteiger partial charge in [-0.15, -0.1) is 0 Å². The van der Waals surface area contributed by atoms with Crippen molar-refractivity contribution in [2.45, 2.75) is 45.1 Å². The molecule has 162 valence electrons. The highest BCUT2D eigenvalue weighted by Crippen LogP contribution is 2.42. The Labute approximate surface area is 178 Å². The Balaban J connectivity index is 1.91. The highest BCUT2D eigenvalue weighted by molar-refractivity contribution is 6.01. The van der Waals surface area contributed by atoms with Gasteiger partial charge in [0.15, 0.2) is 11.6 Å². The molecule has 4 rings (SSSR count). The van der Waals surface area contributed by atoms with Crippen molar-refractivity contribution in [3.05, 3.63) is 53.7 Å². The smallest absolute Gasteiger partial charge is 0.306 e. The van der Waals surface area contributed by atoms with Gasteiger partial charge in [-0.05, 0) is 60.4 Å². The molecule has 5 nitrogen and oxygen atoms in total. The van der Waals surface area contributed by atoms with Crippen LogP contribution in [0.2, 0.25) is 0 Å². The van der Waals surface area contributed by atoms with Crippen molar-refractivity contribution < 1.29 is 28.5 Å². The van der Waals surface area contributed by atoms with Gasteiger partial charge in [-0.3, -0.25) is 4.79 Å². The number of phenols is 1. The Kier molecular flexibility index (Phi) is 5.52. The van der Waals surface area contributed by atoms with Gasteiger partial charge in [0.2, 0.25) is 5.88 Å². The number of hydrogen-bond acceptors (Lipinski definition) is 4. The molecule has 0 radical (unpaired) electrons. The van der Waals surface area contributed by atoms with E-state index in [0.717, 1.165) is 0 Å². The Hall–Kier alpha value is -3.22. The van der Waals surface area contributed by atoms with E-state index in [-0.39, 0.29) is 23.0 Å². The SMILES string of the molecule is CC(C)c1nc(OC2CC[C@@H](C(=O)O)C2)c2c(F)c(O)ccc2c1-c1ccc(F)cc1. The molecule has 1 aliphatic carbocycles. The quantitative estimate of drug-likeness (QED) is 0.551. The minimum Gasteiger partial charge on any atom is -0.505 e. The second kappa shape index (κ2) is 8.13. The van der Waals surface area contributed by atoms with Crippen molar-refractivity contribution in [1.29, 1.82) is 0 Å². The largest absolute Gasteiger partial charge is 0.505 e. The standard InChI is InChI=1S/C24H23F2NO4/c1-12(2)22-19(13-3-6-15(25)7-4-13)17-9-10-18(28)21(26)20(17)23(27-22)31-16-8-5-14(11-16)24(29)30/h3-4,6-7,9-10,12,14,16,28H,5,8,11H2,1-2H3,(H,29,30)/t14-,16?/m1/s1. The van der Waals surface area contributed by atoms with Crippen molar-refractivity contribution >= 4 is 16.7 Å². The van der Waals surface area contributed by atoms with E-state index in [9.17, 15) is 19.4 Å².